The molecule has 0 atom stereocenters. The molecule has 3 aromatic rings. The van der Waals surface area contributed by atoms with Crippen LogP contribution >= 0.6 is 34.4 Å². The quantitative estimate of drug-likeness (QED) is 0.423. The number of thiazole rings is 2. The third-order valence-corrected chi connectivity index (χ3v) is 6.63. The molecule has 0 radical (unpaired) electrons. The molecule has 0 aliphatic heterocycles. The van der Waals surface area contributed by atoms with Crippen molar-refractivity contribution in [1.29, 1.82) is 0 Å². The number of hydrogen-bond acceptors (Lipinski definition) is 8. The van der Waals surface area contributed by atoms with E-state index < -0.39 is 0 Å². The van der Waals surface area contributed by atoms with Crippen LogP contribution in [0.1, 0.15) is 13.8 Å². The maximum Gasteiger partial charge on any atom is 0.258 e. The van der Waals surface area contributed by atoms with Gasteiger partial charge in [0.25, 0.3) is 5.91 Å². The van der Waals surface area contributed by atoms with Crippen molar-refractivity contribution < 1.29 is 19.1 Å². The molecular formula is C20H24N4O4S3. The first kappa shape index (κ1) is 23.5. The van der Waals surface area contributed by atoms with Gasteiger partial charge < -0.3 is 19.4 Å². The van der Waals surface area contributed by atoms with Crippen molar-refractivity contribution in [3.05, 3.63) is 34.6 Å². The molecule has 11 heteroatoms. The Morgan fingerprint density at radius 3 is 2.87 bits per heavy atom. The van der Waals surface area contributed by atoms with E-state index in [9.17, 15) is 9.59 Å². The molecule has 0 saturated carbocycles. The van der Waals surface area contributed by atoms with Crippen molar-refractivity contribution in [2.45, 2.75) is 20.4 Å². The second-order valence-electron chi connectivity index (χ2n) is 6.18. The summed E-state index contributed by atoms with van der Waals surface area (Å²) in [5.41, 5.74) is 0.982. The molecule has 0 saturated heterocycles. The Hall–Kier alpha value is -2.21. The number of thioether (sulfide) groups is 1. The largest absolute Gasteiger partial charge is 0.494 e. The van der Waals surface area contributed by atoms with Gasteiger partial charge in [0.05, 0.1) is 34.9 Å². The molecule has 0 unspecified atom stereocenters. The van der Waals surface area contributed by atoms with Gasteiger partial charge in [-0.25, -0.2) is 4.98 Å². The number of ether oxygens (including phenoxy) is 2. The first-order chi connectivity index (χ1) is 15.1. The second-order valence-corrected chi connectivity index (χ2v) is 9.07. The van der Waals surface area contributed by atoms with Crippen LogP contribution in [-0.2, 0) is 20.9 Å². The molecule has 31 heavy (non-hydrogen) atoms. The topological polar surface area (TPSA) is 94.8 Å². The zero-order valence-electron chi connectivity index (χ0n) is 17.3. The minimum atomic E-state index is -0.284. The zero-order chi connectivity index (χ0) is 22.1. The Bertz CT molecular complexity index is 1080. The van der Waals surface area contributed by atoms with Gasteiger partial charge in [-0.1, -0.05) is 11.3 Å². The van der Waals surface area contributed by atoms with Gasteiger partial charge in [-0.3, -0.25) is 9.59 Å². The highest BCUT2D eigenvalue weighted by molar-refractivity contribution is 8.00. The highest BCUT2D eigenvalue weighted by atomic mass is 32.2. The third-order valence-electron chi connectivity index (χ3n) is 3.99. The molecule has 0 spiro atoms. The summed E-state index contributed by atoms with van der Waals surface area (Å²) in [6.07, 6.45) is 1.62. The normalized spacial score (nSPS) is 11.7. The molecular weight excluding hydrogens is 456 g/mol. The number of hydrogen-bond donors (Lipinski definition) is 1. The minimum Gasteiger partial charge on any atom is -0.494 e. The Morgan fingerprint density at radius 2 is 2.13 bits per heavy atom. The lowest BCUT2D eigenvalue weighted by Crippen LogP contribution is -2.20. The van der Waals surface area contributed by atoms with Gasteiger partial charge in [-0.05, 0) is 32.0 Å². The maximum atomic E-state index is 12.4. The van der Waals surface area contributed by atoms with Crippen LogP contribution in [-0.4, -0.2) is 52.7 Å². The highest BCUT2D eigenvalue weighted by Crippen LogP contribution is 2.23. The number of aromatic nitrogens is 2. The zero-order valence-corrected chi connectivity index (χ0v) is 19.8. The SMILES string of the molecule is CCOCCn1c(=NC(=O)CSCC(=O)Nc2nccs2)sc2cc(OCC)ccc21. The van der Waals surface area contributed by atoms with Gasteiger partial charge in [0, 0.05) is 24.7 Å². The van der Waals surface area contributed by atoms with Crippen LogP contribution in [0.4, 0.5) is 5.13 Å². The molecule has 8 nitrogen and oxygen atoms in total. The number of amides is 2. The monoisotopic (exact) mass is 480 g/mol. The highest BCUT2D eigenvalue weighted by Gasteiger charge is 2.11. The average Bonchev–Trinajstić information content (AvgIpc) is 3.36. The standard InChI is InChI=1S/C20H24N4O4S3/c1-3-27-9-8-24-15-6-5-14(28-4-2)11-16(15)31-20(24)23-18(26)13-29-12-17(25)22-19-21-7-10-30-19/h5-7,10-11H,3-4,8-9,12-13H2,1-2H3,(H,21,22,25). The van der Waals surface area contributed by atoms with Crippen molar-refractivity contribution in [3.63, 3.8) is 0 Å². The molecule has 0 bridgehead atoms. The van der Waals surface area contributed by atoms with Crippen LogP contribution in [0.15, 0.2) is 34.8 Å². The van der Waals surface area contributed by atoms with Crippen LogP contribution in [0.3, 0.4) is 0 Å². The van der Waals surface area contributed by atoms with Crippen molar-refractivity contribution in [1.82, 2.24) is 9.55 Å². The minimum absolute atomic E-state index is 0.120. The van der Waals surface area contributed by atoms with Crippen LogP contribution < -0.4 is 14.9 Å². The number of nitrogens with one attached hydrogen (secondary N) is 1. The summed E-state index contributed by atoms with van der Waals surface area (Å²) in [6.45, 7) is 6.23. The molecule has 1 aromatic carbocycles. The van der Waals surface area contributed by atoms with Gasteiger partial charge in [0.15, 0.2) is 9.93 Å². The molecule has 2 heterocycles. The van der Waals surface area contributed by atoms with E-state index in [0.29, 0.717) is 36.3 Å². The molecule has 166 valence electrons. The van der Waals surface area contributed by atoms with E-state index in [1.807, 2.05) is 36.6 Å². The Labute approximate surface area is 192 Å². The second kappa shape index (κ2) is 12.0. The fraction of sp³-hybridized carbons (Fsp3) is 0.400. The number of rotatable bonds is 11. The van der Waals surface area contributed by atoms with Crippen molar-refractivity contribution in [3.8, 4) is 5.75 Å². The predicted molar refractivity (Wildman–Crippen MR) is 126 cm³/mol. The molecule has 2 amide bonds. The first-order valence-electron chi connectivity index (χ1n) is 9.79. The van der Waals surface area contributed by atoms with Crippen molar-refractivity contribution in [2.75, 3.05) is 36.6 Å². The number of benzene rings is 1. The summed E-state index contributed by atoms with van der Waals surface area (Å²) in [5, 5.41) is 5.03. The number of fused-ring (bicyclic) bond motifs is 1. The first-order valence-corrected chi connectivity index (χ1v) is 12.6. The fourth-order valence-electron chi connectivity index (χ4n) is 2.72. The molecule has 0 aliphatic rings. The predicted octanol–water partition coefficient (Wildman–Crippen LogP) is 3.39. The third kappa shape index (κ3) is 6.89. The van der Waals surface area contributed by atoms with E-state index in [2.05, 4.69) is 15.3 Å². The maximum absolute atomic E-state index is 12.4. The number of nitrogens with zero attached hydrogens (tertiary/aromatic N) is 3. The van der Waals surface area contributed by atoms with Gasteiger partial charge >= 0.3 is 0 Å². The summed E-state index contributed by atoms with van der Waals surface area (Å²) < 4.78 is 14.1. The van der Waals surface area contributed by atoms with E-state index in [0.717, 1.165) is 16.0 Å². The number of carbonyl (C=O) groups is 2. The average molecular weight is 481 g/mol. The van der Waals surface area contributed by atoms with Gasteiger partial charge in [0.2, 0.25) is 5.91 Å². The van der Waals surface area contributed by atoms with Crippen LogP contribution in [0.2, 0.25) is 0 Å². The van der Waals surface area contributed by atoms with Crippen LogP contribution in [0, 0.1) is 0 Å². The molecule has 0 aliphatic carbocycles. The Kier molecular flexibility index (Phi) is 9.07. The molecule has 3 rings (SSSR count). The molecule has 0 fully saturated rings. The van der Waals surface area contributed by atoms with E-state index in [4.69, 9.17) is 9.47 Å². The Balaban J connectivity index is 1.69. The summed E-state index contributed by atoms with van der Waals surface area (Å²) in [5.74, 6) is 0.594. The molecule has 2 aromatic heterocycles. The van der Waals surface area contributed by atoms with Crippen molar-refractivity contribution >= 4 is 61.6 Å². The summed E-state index contributed by atoms with van der Waals surface area (Å²) in [7, 11) is 0. The summed E-state index contributed by atoms with van der Waals surface area (Å²) >= 11 is 4.01. The molecule has 1 N–H and O–H groups in total. The van der Waals surface area contributed by atoms with Gasteiger partial charge in [-0.2, -0.15) is 4.99 Å². The summed E-state index contributed by atoms with van der Waals surface area (Å²) in [4.78, 5) is 33.3. The van der Waals surface area contributed by atoms with E-state index in [1.165, 1.54) is 34.4 Å². The lowest BCUT2D eigenvalue weighted by molar-refractivity contribution is -0.115. The van der Waals surface area contributed by atoms with Crippen molar-refractivity contribution in [2.24, 2.45) is 4.99 Å². The fourth-order valence-corrected chi connectivity index (χ4v) is 4.97. The van der Waals surface area contributed by atoms with Gasteiger partial charge in [0.1, 0.15) is 5.75 Å². The van der Waals surface area contributed by atoms with Gasteiger partial charge in [-0.15, -0.1) is 23.1 Å². The lowest BCUT2D eigenvalue weighted by Gasteiger charge is -2.06. The lowest BCUT2D eigenvalue weighted by atomic mass is 10.3. The van der Waals surface area contributed by atoms with E-state index in [1.54, 1.807) is 11.6 Å². The van der Waals surface area contributed by atoms with Crippen LogP contribution in [0.5, 0.6) is 5.75 Å². The number of anilines is 1. The van der Waals surface area contributed by atoms with E-state index in [-0.39, 0.29) is 23.3 Å². The Morgan fingerprint density at radius 1 is 1.26 bits per heavy atom. The van der Waals surface area contributed by atoms with Crippen LogP contribution in [0.25, 0.3) is 10.2 Å². The van der Waals surface area contributed by atoms with E-state index >= 15 is 0 Å². The summed E-state index contributed by atoms with van der Waals surface area (Å²) in [6, 6.07) is 5.85. The number of carbonyl (C=O) groups excluding carboxylic acids is 2. The smallest absolute Gasteiger partial charge is 0.258 e.